The molecule has 3 heterocycles. The van der Waals surface area contributed by atoms with Crippen molar-refractivity contribution in [2.45, 2.75) is 31.9 Å². The smallest absolute Gasteiger partial charge is 0.223 e. The average Bonchev–Trinajstić information content (AvgIpc) is 3.42. The number of fused-ring (bicyclic) bond motifs is 2. The highest BCUT2D eigenvalue weighted by atomic mass is 32.1. The van der Waals surface area contributed by atoms with Crippen LogP contribution in [0.15, 0.2) is 54.4 Å². The molecule has 1 amide bonds. The molecule has 166 valence electrons. The number of rotatable bonds is 6. The standard InChI is InChI=1S/C26H27NO4S/c1-2-3-8-25(28)27-10-12-30-26-19(15-27)13-18(14-23(26)31-20-9-11-29-16-20)22-17-32-24-7-5-4-6-21(22)24/h2,4-7,13-14,17,20H,1,3,8-12,15-16H2/t20-/m1/s1. The number of nitrogens with zero attached hydrogens (tertiary/aromatic N) is 1. The van der Waals surface area contributed by atoms with E-state index in [1.54, 1.807) is 17.4 Å². The Hall–Kier alpha value is -2.83. The fourth-order valence-electron chi connectivity index (χ4n) is 4.31. The lowest BCUT2D eigenvalue weighted by molar-refractivity contribution is -0.131. The quantitative estimate of drug-likeness (QED) is 0.471. The Morgan fingerprint density at radius 2 is 2.19 bits per heavy atom. The third kappa shape index (κ3) is 4.25. The van der Waals surface area contributed by atoms with E-state index in [9.17, 15) is 4.79 Å². The molecule has 0 unspecified atom stereocenters. The van der Waals surface area contributed by atoms with Crippen molar-refractivity contribution in [2.75, 3.05) is 26.4 Å². The van der Waals surface area contributed by atoms with Crippen LogP contribution in [0.5, 0.6) is 11.5 Å². The second-order valence-electron chi connectivity index (χ2n) is 8.20. The molecule has 5 nitrogen and oxygen atoms in total. The Morgan fingerprint density at radius 3 is 3.03 bits per heavy atom. The summed E-state index contributed by atoms with van der Waals surface area (Å²) in [6.07, 6.45) is 3.82. The lowest BCUT2D eigenvalue weighted by Crippen LogP contribution is -2.32. The van der Waals surface area contributed by atoms with Gasteiger partial charge in [-0.2, -0.15) is 0 Å². The third-order valence-electron chi connectivity index (χ3n) is 5.99. The molecule has 1 saturated heterocycles. The average molecular weight is 450 g/mol. The van der Waals surface area contributed by atoms with Gasteiger partial charge in [0.2, 0.25) is 5.91 Å². The summed E-state index contributed by atoms with van der Waals surface area (Å²) in [4.78, 5) is 14.6. The van der Waals surface area contributed by atoms with E-state index < -0.39 is 0 Å². The van der Waals surface area contributed by atoms with Crippen LogP contribution in [0.3, 0.4) is 0 Å². The fourth-order valence-corrected chi connectivity index (χ4v) is 5.28. The van der Waals surface area contributed by atoms with Gasteiger partial charge in [-0.05, 0) is 35.6 Å². The van der Waals surface area contributed by atoms with Crippen molar-refractivity contribution in [3.05, 3.63) is 60.0 Å². The van der Waals surface area contributed by atoms with Gasteiger partial charge in [-0.25, -0.2) is 0 Å². The summed E-state index contributed by atoms with van der Waals surface area (Å²) in [5, 5.41) is 3.42. The van der Waals surface area contributed by atoms with Gasteiger partial charge in [-0.15, -0.1) is 17.9 Å². The van der Waals surface area contributed by atoms with Crippen molar-refractivity contribution in [1.82, 2.24) is 4.90 Å². The second kappa shape index (κ2) is 9.35. The van der Waals surface area contributed by atoms with Crippen LogP contribution in [0, 0.1) is 0 Å². The maximum atomic E-state index is 12.7. The van der Waals surface area contributed by atoms with Crippen LogP contribution in [0.4, 0.5) is 0 Å². The Morgan fingerprint density at radius 1 is 1.28 bits per heavy atom. The monoisotopic (exact) mass is 449 g/mol. The first-order valence-corrected chi connectivity index (χ1v) is 12.0. The number of carbonyl (C=O) groups is 1. The van der Waals surface area contributed by atoms with E-state index in [0.29, 0.717) is 45.8 Å². The van der Waals surface area contributed by atoms with Gasteiger partial charge in [0.25, 0.3) is 0 Å². The van der Waals surface area contributed by atoms with Crippen LogP contribution in [0.2, 0.25) is 0 Å². The lowest BCUT2D eigenvalue weighted by Gasteiger charge is -2.21. The summed E-state index contributed by atoms with van der Waals surface area (Å²) in [5.74, 6) is 1.61. The van der Waals surface area contributed by atoms with Crippen molar-refractivity contribution in [1.29, 1.82) is 0 Å². The summed E-state index contributed by atoms with van der Waals surface area (Å²) < 4.78 is 19.3. The highest BCUT2D eigenvalue weighted by Gasteiger charge is 2.26. The van der Waals surface area contributed by atoms with Gasteiger partial charge in [0.05, 0.1) is 19.8 Å². The lowest BCUT2D eigenvalue weighted by atomic mass is 10.0. The molecule has 0 bridgehead atoms. The second-order valence-corrected chi connectivity index (χ2v) is 9.11. The number of allylic oxidation sites excluding steroid dienone is 1. The third-order valence-corrected chi connectivity index (χ3v) is 6.95. The first-order chi connectivity index (χ1) is 15.7. The molecule has 5 rings (SSSR count). The highest BCUT2D eigenvalue weighted by Crippen LogP contribution is 2.42. The zero-order valence-electron chi connectivity index (χ0n) is 18.0. The molecule has 0 aliphatic carbocycles. The van der Waals surface area contributed by atoms with E-state index in [4.69, 9.17) is 14.2 Å². The minimum Gasteiger partial charge on any atom is -0.487 e. The molecule has 0 radical (unpaired) electrons. The fraction of sp³-hybridized carbons (Fsp3) is 0.346. The zero-order chi connectivity index (χ0) is 21.9. The SMILES string of the molecule is C=CCCC(=O)N1CCOc2c(cc(-c3csc4ccccc34)cc2O[C@@H]2CCOC2)C1. The van der Waals surface area contributed by atoms with Crippen LogP contribution in [0.25, 0.3) is 21.2 Å². The van der Waals surface area contributed by atoms with Crippen molar-refractivity contribution >= 4 is 27.3 Å². The maximum Gasteiger partial charge on any atom is 0.223 e. The minimum absolute atomic E-state index is 0.0192. The molecule has 1 fully saturated rings. The molecule has 0 spiro atoms. The summed E-state index contributed by atoms with van der Waals surface area (Å²) >= 11 is 1.74. The maximum absolute atomic E-state index is 12.7. The molecule has 6 heteroatoms. The number of hydrogen-bond acceptors (Lipinski definition) is 5. The van der Waals surface area contributed by atoms with Gasteiger partial charge in [0.1, 0.15) is 12.7 Å². The van der Waals surface area contributed by atoms with E-state index in [-0.39, 0.29) is 12.0 Å². The van der Waals surface area contributed by atoms with E-state index in [1.807, 2.05) is 4.90 Å². The van der Waals surface area contributed by atoms with E-state index in [1.165, 1.54) is 15.6 Å². The Kier molecular flexibility index (Phi) is 6.14. The molecule has 2 aliphatic heterocycles. The molecule has 1 atom stereocenters. The Labute approximate surface area is 192 Å². The van der Waals surface area contributed by atoms with Crippen molar-refractivity contribution < 1.29 is 19.0 Å². The Bertz CT molecular complexity index is 1130. The van der Waals surface area contributed by atoms with Crippen molar-refractivity contribution in [3.63, 3.8) is 0 Å². The van der Waals surface area contributed by atoms with Crippen molar-refractivity contribution in [2.24, 2.45) is 0 Å². The van der Waals surface area contributed by atoms with Crippen LogP contribution >= 0.6 is 11.3 Å². The number of benzene rings is 2. The van der Waals surface area contributed by atoms with Crippen LogP contribution < -0.4 is 9.47 Å². The number of hydrogen-bond donors (Lipinski definition) is 0. The topological polar surface area (TPSA) is 48.0 Å². The van der Waals surface area contributed by atoms with Gasteiger partial charge in [-0.3, -0.25) is 4.79 Å². The number of ether oxygens (including phenoxy) is 3. The van der Waals surface area contributed by atoms with Gasteiger partial charge in [0.15, 0.2) is 11.5 Å². The van der Waals surface area contributed by atoms with Gasteiger partial charge in [-0.1, -0.05) is 24.3 Å². The first kappa shape index (κ1) is 21.0. The summed E-state index contributed by atoms with van der Waals surface area (Å²) in [6, 6.07) is 12.7. The molecular formula is C26H27NO4S. The summed E-state index contributed by atoms with van der Waals surface area (Å²) in [7, 11) is 0. The predicted octanol–water partition coefficient (Wildman–Crippen LogP) is 5.42. The summed E-state index contributed by atoms with van der Waals surface area (Å²) in [5.41, 5.74) is 3.24. The number of amides is 1. The molecule has 2 aromatic carbocycles. The van der Waals surface area contributed by atoms with Gasteiger partial charge >= 0.3 is 0 Å². The van der Waals surface area contributed by atoms with Gasteiger partial charge < -0.3 is 19.1 Å². The summed E-state index contributed by atoms with van der Waals surface area (Å²) in [6.45, 7) is 6.57. The first-order valence-electron chi connectivity index (χ1n) is 11.1. The molecule has 1 aromatic heterocycles. The zero-order valence-corrected chi connectivity index (χ0v) is 18.9. The molecule has 0 saturated carbocycles. The highest BCUT2D eigenvalue weighted by molar-refractivity contribution is 7.17. The minimum atomic E-state index is 0.0192. The molecule has 0 N–H and O–H groups in total. The largest absolute Gasteiger partial charge is 0.487 e. The molecule has 3 aromatic rings. The van der Waals surface area contributed by atoms with Crippen LogP contribution in [-0.4, -0.2) is 43.3 Å². The van der Waals surface area contributed by atoms with E-state index in [2.05, 4.69) is 48.4 Å². The molecule has 32 heavy (non-hydrogen) atoms. The van der Waals surface area contributed by atoms with Gasteiger partial charge in [0, 0.05) is 40.6 Å². The van der Waals surface area contributed by atoms with E-state index in [0.717, 1.165) is 29.0 Å². The van der Waals surface area contributed by atoms with E-state index >= 15 is 0 Å². The van der Waals surface area contributed by atoms with Crippen LogP contribution in [-0.2, 0) is 16.1 Å². The van der Waals surface area contributed by atoms with Crippen molar-refractivity contribution in [3.8, 4) is 22.6 Å². The predicted molar refractivity (Wildman–Crippen MR) is 127 cm³/mol. The molecule has 2 aliphatic rings. The number of thiophene rings is 1. The van der Waals surface area contributed by atoms with Crippen LogP contribution in [0.1, 0.15) is 24.8 Å². The Balaban J connectivity index is 1.55. The number of carbonyl (C=O) groups excluding carboxylic acids is 1. The molecular weight excluding hydrogens is 422 g/mol. The normalized spacial score (nSPS) is 18.1.